The fraction of sp³-hybridized carbons (Fsp3) is 0.438. The van der Waals surface area contributed by atoms with E-state index in [4.69, 9.17) is 11.6 Å². The molecule has 1 heterocycles. The second-order valence-electron chi connectivity index (χ2n) is 5.79. The van der Waals surface area contributed by atoms with Crippen LogP contribution in [0.3, 0.4) is 0 Å². The van der Waals surface area contributed by atoms with Gasteiger partial charge in [-0.15, -0.1) is 10.2 Å². The normalized spacial score (nSPS) is 14.8. The lowest BCUT2D eigenvalue weighted by Crippen LogP contribution is -2.28. The highest BCUT2D eigenvalue weighted by Gasteiger charge is 2.18. The fourth-order valence-corrected chi connectivity index (χ4v) is 3.75. The summed E-state index contributed by atoms with van der Waals surface area (Å²) in [5, 5.41) is 16.0. The first kappa shape index (κ1) is 16.2. The number of hydrogen-bond acceptors (Lipinski definition) is 4. The Hall–Kier alpha value is -1.66. The maximum absolute atomic E-state index is 11.9. The van der Waals surface area contributed by atoms with E-state index in [0.717, 1.165) is 22.9 Å². The number of carbonyl (C=O) groups excluding carboxylic acids is 1. The van der Waals surface area contributed by atoms with E-state index in [1.165, 1.54) is 37.0 Å². The van der Waals surface area contributed by atoms with Gasteiger partial charge in [0.05, 0.1) is 0 Å². The van der Waals surface area contributed by atoms with Gasteiger partial charge in [-0.2, -0.15) is 0 Å². The van der Waals surface area contributed by atoms with Gasteiger partial charge in [-0.05, 0) is 23.6 Å². The third-order valence-electron chi connectivity index (χ3n) is 3.99. The molecular formula is C16H19ClN4OS. The van der Waals surface area contributed by atoms with Crippen molar-refractivity contribution >= 4 is 34.1 Å². The van der Waals surface area contributed by atoms with Gasteiger partial charge in [0.1, 0.15) is 5.01 Å². The van der Waals surface area contributed by atoms with Crippen LogP contribution >= 0.6 is 22.9 Å². The maximum atomic E-state index is 11.9. The molecule has 0 bridgehead atoms. The van der Waals surface area contributed by atoms with Crippen LogP contribution in [-0.4, -0.2) is 16.2 Å². The van der Waals surface area contributed by atoms with Gasteiger partial charge in [-0.1, -0.05) is 60.8 Å². The number of rotatable bonds is 5. The quantitative estimate of drug-likeness (QED) is 0.847. The second-order valence-corrected chi connectivity index (χ2v) is 7.29. The molecule has 0 aliphatic heterocycles. The van der Waals surface area contributed by atoms with Crippen molar-refractivity contribution in [2.45, 2.75) is 38.6 Å². The summed E-state index contributed by atoms with van der Waals surface area (Å²) in [4.78, 5) is 11.9. The lowest BCUT2D eigenvalue weighted by molar-refractivity contribution is 0.251. The molecular weight excluding hydrogens is 332 g/mol. The molecule has 0 spiro atoms. The summed E-state index contributed by atoms with van der Waals surface area (Å²) in [6, 6.07) is 7.09. The van der Waals surface area contributed by atoms with E-state index in [1.807, 2.05) is 12.1 Å². The van der Waals surface area contributed by atoms with Crippen molar-refractivity contribution in [3.8, 4) is 0 Å². The number of amides is 2. The van der Waals surface area contributed by atoms with Crippen LogP contribution in [0.4, 0.5) is 9.93 Å². The van der Waals surface area contributed by atoms with Gasteiger partial charge in [0.2, 0.25) is 5.13 Å². The van der Waals surface area contributed by atoms with E-state index in [2.05, 4.69) is 20.8 Å². The molecule has 2 amide bonds. The van der Waals surface area contributed by atoms with E-state index >= 15 is 0 Å². The molecule has 3 rings (SSSR count). The Morgan fingerprint density at radius 2 is 1.96 bits per heavy atom. The first-order valence-electron chi connectivity index (χ1n) is 7.81. The Balaban J connectivity index is 1.45. The zero-order chi connectivity index (χ0) is 16.1. The summed E-state index contributed by atoms with van der Waals surface area (Å²) in [5.74, 6) is 0.731. The standard InChI is InChI=1S/C16H19ClN4OS/c17-13-7-5-12(6-8-13)10-18-15(22)19-16-21-20-14(23-16)9-11-3-1-2-4-11/h5-8,11H,1-4,9-10H2,(H2,18,19,21,22). The fourth-order valence-electron chi connectivity index (χ4n) is 2.77. The molecule has 1 fully saturated rings. The summed E-state index contributed by atoms with van der Waals surface area (Å²) >= 11 is 7.29. The molecule has 2 aromatic rings. The third kappa shape index (κ3) is 4.91. The summed E-state index contributed by atoms with van der Waals surface area (Å²) in [6.45, 7) is 0.441. The zero-order valence-electron chi connectivity index (χ0n) is 12.7. The molecule has 2 N–H and O–H groups in total. The molecule has 5 nitrogen and oxygen atoms in total. The molecule has 7 heteroatoms. The smallest absolute Gasteiger partial charge is 0.321 e. The predicted octanol–water partition coefficient (Wildman–Crippen LogP) is 4.25. The van der Waals surface area contributed by atoms with Crippen molar-refractivity contribution in [2.24, 2.45) is 5.92 Å². The van der Waals surface area contributed by atoms with Crippen LogP contribution in [0.15, 0.2) is 24.3 Å². The summed E-state index contributed by atoms with van der Waals surface area (Å²) < 4.78 is 0. The number of anilines is 1. The minimum atomic E-state index is -0.275. The summed E-state index contributed by atoms with van der Waals surface area (Å²) in [6.07, 6.45) is 6.18. The number of urea groups is 1. The first-order chi connectivity index (χ1) is 11.2. The molecule has 1 aromatic heterocycles. The van der Waals surface area contributed by atoms with Crippen LogP contribution in [0, 0.1) is 5.92 Å². The first-order valence-corrected chi connectivity index (χ1v) is 9.00. The molecule has 0 saturated heterocycles. The van der Waals surface area contributed by atoms with Crippen molar-refractivity contribution in [2.75, 3.05) is 5.32 Å². The Bertz CT molecular complexity index is 652. The molecule has 23 heavy (non-hydrogen) atoms. The second kappa shape index (κ2) is 7.75. The van der Waals surface area contributed by atoms with E-state index in [-0.39, 0.29) is 6.03 Å². The van der Waals surface area contributed by atoms with Crippen LogP contribution < -0.4 is 10.6 Å². The monoisotopic (exact) mass is 350 g/mol. The Morgan fingerprint density at radius 3 is 2.70 bits per heavy atom. The minimum Gasteiger partial charge on any atom is -0.334 e. The topological polar surface area (TPSA) is 66.9 Å². The van der Waals surface area contributed by atoms with Crippen molar-refractivity contribution in [3.05, 3.63) is 39.9 Å². The lowest BCUT2D eigenvalue weighted by Gasteiger charge is -2.05. The number of nitrogens with one attached hydrogen (secondary N) is 2. The molecule has 0 unspecified atom stereocenters. The SMILES string of the molecule is O=C(NCc1ccc(Cl)cc1)Nc1nnc(CC2CCCC2)s1. The van der Waals surface area contributed by atoms with E-state index in [0.29, 0.717) is 16.7 Å². The third-order valence-corrected chi connectivity index (χ3v) is 5.10. The van der Waals surface area contributed by atoms with Crippen LogP contribution in [-0.2, 0) is 13.0 Å². The van der Waals surface area contributed by atoms with Crippen molar-refractivity contribution in [3.63, 3.8) is 0 Å². The average Bonchev–Trinajstić information content (AvgIpc) is 3.19. The van der Waals surface area contributed by atoms with Crippen molar-refractivity contribution < 1.29 is 4.79 Å². The van der Waals surface area contributed by atoms with Crippen molar-refractivity contribution in [1.29, 1.82) is 0 Å². The van der Waals surface area contributed by atoms with Gasteiger partial charge in [0.25, 0.3) is 0 Å². The Kier molecular flexibility index (Phi) is 5.46. The van der Waals surface area contributed by atoms with E-state index in [1.54, 1.807) is 12.1 Å². The van der Waals surface area contributed by atoms with Gasteiger partial charge in [-0.3, -0.25) is 5.32 Å². The Morgan fingerprint density at radius 1 is 1.22 bits per heavy atom. The Labute approximate surface area is 144 Å². The van der Waals surface area contributed by atoms with Crippen LogP contribution in [0.1, 0.15) is 36.3 Å². The maximum Gasteiger partial charge on any atom is 0.321 e. The number of nitrogens with zero attached hydrogens (tertiary/aromatic N) is 2. The number of halogens is 1. The van der Waals surface area contributed by atoms with Gasteiger partial charge in [-0.25, -0.2) is 4.79 Å². The van der Waals surface area contributed by atoms with Gasteiger partial charge >= 0.3 is 6.03 Å². The van der Waals surface area contributed by atoms with Gasteiger partial charge in [0.15, 0.2) is 0 Å². The molecule has 1 saturated carbocycles. The lowest BCUT2D eigenvalue weighted by atomic mass is 10.1. The van der Waals surface area contributed by atoms with Crippen LogP contribution in [0.25, 0.3) is 0 Å². The summed E-state index contributed by atoms with van der Waals surface area (Å²) in [7, 11) is 0. The van der Waals surface area contributed by atoms with Crippen LogP contribution in [0.2, 0.25) is 5.02 Å². The largest absolute Gasteiger partial charge is 0.334 e. The van der Waals surface area contributed by atoms with Gasteiger partial charge in [0, 0.05) is 18.0 Å². The molecule has 1 aromatic carbocycles. The predicted molar refractivity (Wildman–Crippen MR) is 92.9 cm³/mol. The van der Waals surface area contributed by atoms with E-state index < -0.39 is 0 Å². The molecule has 1 aliphatic rings. The number of aromatic nitrogens is 2. The van der Waals surface area contributed by atoms with Crippen LogP contribution in [0.5, 0.6) is 0 Å². The minimum absolute atomic E-state index is 0.275. The van der Waals surface area contributed by atoms with E-state index in [9.17, 15) is 4.79 Å². The number of hydrogen-bond donors (Lipinski definition) is 2. The highest BCUT2D eigenvalue weighted by molar-refractivity contribution is 7.15. The molecule has 122 valence electrons. The summed E-state index contributed by atoms with van der Waals surface area (Å²) in [5.41, 5.74) is 0.990. The average molecular weight is 351 g/mol. The zero-order valence-corrected chi connectivity index (χ0v) is 14.3. The highest BCUT2D eigenvalue weighted by atomic mass is 35.5. The number of carbonyl (C=O) groups is 1. The number of benzene rings is 1. The molecule has 0 atom stereocenters. The molecule has 1 aliphatic carbocycles. The molecule has 0 radical (unpaired) electrons. The highest BCUT2D eigenvalue weighted by Crippen LogP contribution is 2.29. The van der Waals surface area contributed by atoms with Gasteiger partial charge < -0.3 is 5.32 Å². The van der Waals surface area contributed by atoms with Crippen molar-refractivity contribution in [1.82, 2.24) is 15.5 Å².